The summed E-state index contributed by atoms with van der Waals surface area (Å²) in [7, 11) is 0. The molecule has 1 rings (SSSR count). The van der Waals surface area contributed by atoms with E-state index in [1.54, 1.807) is 20.8 Å². The Kier molecular flexibility index (Phi) is 10.9. The van der Waals surface area contributed by atoms with Crippen molar-refractivity contribution in [1.82, 2.24) is 15.2 Å². The molecule has 0 radical (unpaired) electrons. The third-order valence-corrected chi connectivity index (χ3v) is 3.57. The molecule has 0 amide bonds. The standard InChI is InChI=1S/C15H27N3O6S3/c1-10(25)4-13(19)22-16-7-17(23-14(20)5-11(2)26)9-18(8-16)24-15(21)6-12(3)27/h10-12,25-27H,4-9H2,1-3H3. The molecule has 3 unspecified atom stereocenters. The Hall–Kier alpha value is -0.660. The van der Waals surface area contributed by atoms with Gasteiger partial charge in [0.2, 0.25) is 0 Å². The van der Waals surface area contributed by atoms with Crippen LogP contribution in [0.4, 0.5) is 0 Å². The van der Waals surface area contributed by atoms with Crippen LogP contribution in [0.1, 0.15) is 40.0 Å². The maximum atomic E-state index is 11.9. The Morgan fingerprint density at radius 3 is 1.07 bits per heavy atom. The van der Waals surface area contributed by atoms with E-state index in [0.717, 1.165) is 0 Å². The molecular weight excluding hydrogens is 414 g/mol. The van der Waals surface area contributed by atoms with Gasteiger partial charge in [0.25, 0.3) is 0 Å². The lowest BCUT2D eigenvalue weighted by atomic mass is 10.3. The summed E-state index contributed by atoms with van der Waals surface area (Å²) in [5, 5.41) is 3.20. The van der Waals surface area contributed by atoms with Gasteiger partial charge in [-0.1, -0.05) is 20.8 Å². The molecule has 1 heterocycles. The first kappa shape index (κ1) is 24.4. The Balaban J connectivity index is 2.71. The quantitative estimate of drug-likeness (QED) is 0.458. The second kappa shape index (κ2) is 12.0. The van der Waals surface area contributed by atoms with Crippen LogP contribution in [0.25, 0.3) is 0 Å². The molecule has 9 nitrogen and oxygen atoms in total. The van der Waals surface area contributed by atoms with Crippen molar-refractivity contribution in [3.8, 4) is 0 Å². The molecule has 12 heteroatoms. The van der Waals surface area contributed by atoms with Gasteiger partial charge in [-0.05, 0) is 0 Å². The third kappa shape index (κ3) is 11.1. The Morgan fingerprint density at radius 1 is 0.667 bits per heavy atom. The topological polar surface area (TPSA) is 88.6 Å². The van der Waals surface area contributed by atoms with Crippen LogP contribution < -0.4 is 0 Å². The van der Waals surface area contributed by atoms with Crippen molar-refractivity contribution in [2.75, 3.05) is 20.0 Å². The smallest absolute Gasteiger partial charge is 0.326 e. The summed E-state index contributed by atoms with van der Waals surface area (Å²) in [6.07, 6.45) is 0.314. The molecular formula is C15H27N3O6S3. The lowest BCUT2D eigenvalue weighted by molar-refractivity contribution is -0.336. The van der Waals surface area contributed by atoms with E-state index >= 15 is 0 Å². The molecule has 0 aromatic heterocycles. The van der Waals surface area contributed by atoms with E-state index in [1.165, 1.54) is 15.2 Å². The number of nitrogens with zero attached hydrogens (tertiary/aromatic N) is 3. The summed E-state index contributed by atoms with van der Waals surface area (Å²) in [4.78, 5) is 51.4. The van der Waals surface area contributed by atoms with Crippen molar-refractivity contribution in [3.05, 3.63) is 0 Å². The van der Waals surface area contributed by atoms with Gasteiger partial charge in [-0.3, -0.25) is 14.4 Å². The molecule has 0 N–H and O–H groups in total. The van der Waals surface area contributed by atoms with Crippen LogP contribution >= 0.6 is 37.9 Å². The van der Waals surface area contributed by atoms with E-state index in [-0.39, 0.29) is 55.0 Å². The van der Waals surface area contributed by atoms with Crippen molar-refractivity contribution in [3.63, 3.8) is 0 Å². The van der Waals surface area contributed by atoms with Gasteiger partial charge in [0.1, 0.15) is 20.0 Å². The fourth-order valence-corrected chi connectivity index (χ4v) is 2.55. The van der Waals surface area contributed by atoms with Crippen LogP contribution in [0.3, 0.4) is 0 Å². The molecule has 156 valence electrons. The first-order valence-electron chi connectivity index (χ1n) is 8.46. The van der Waals surface area contributed by atoms with Crippen molar-refractivity contribution in [2.45, 2.75) is 55.8 Å². The molecule has 0 aromatic rings. The minimum atomic E-state index is -0.495. The van der Waals surface area contributed by atoms with E-state index in [0.29, 0.717) is 0 Å². The van der Waals surface area contributed by atoms with Gasteiger partial charge in [-0.2, -0.15) is 37.9 Å². The zero-order valence-corrected chi connectivity index (χ0v) is 18.3. The lowest BCUT2D eigenvalue weighted by Crippen LogP contribution is -2.55. The molecule has 0 aliphatic carbocycles. The number of carbonyl (C=O) groups is 3. The summed E-state index contributed by atoms with van der Waals surface area (Å²) < 4.78 is 0. The predicted molar refractivity (Wildman–Crippen MR) is 108 cm³/mol. The Morgan fingerprint density at radius 2 is 0.889 bits per heavy atom. The average molecular weight is 442 g/mol. The minimum Gasteiger partial charge on any atom is -0.365 e. The normalized spacial score (nSPS) is 19.8. The maximum Gasteiger partial charge on any atom is 0.326 e. The van der Waals surface area contributed by atoms with Crippen LogP contribution in [0, 0.1) is 0 Å². The van der Waals surface area contributed by atoms with Crippen LogP contribution in [-0.2, 0) is 28.9 Å². The maximum absolute atomic E-state index is 11.9. The first-order chi connectivity index (χ1) is 12.5. The largest absolute Gasteiger partial charge is 0.365 e. The SMILES string of the molecule is CC(S)CC(=O)ON1CN(OC(=O)CC(C)S)CN(OC(=O)CC(C)S)C1. The van der Waals surface area contributed by atoms with E-state index in [4.69, 9.17) is 14.5 Å². The highest BCUT2D eigenvalue weighted by Gasteiger charge is 2.31. The fraction of sp³-hybridized carbons (Fsp3) is 0.800. The molecule has 3 atom stereocenters. The fourth-order valence-electron chi connectivity index (χ4n) is 2.10. The lowest BCUT2D eigenvalue weighted by Gasteiger charge is -2.38. The second-order valence-electron chi connectivity index (χ2n) is 6.42. The van der Waals surface area contributed by atoms with E-state index in [9.17, 15) is 14.4 Å². The van der Waals surface area contributed by atoms with Crippen molar-refractivity contribution in [1.29, 1.82) is 0 Å². The number of rotatable bonds is 9. The first-order valence-corrected chi connectivity index (χ1v) is 10.0. The highest BCUT2D eigenvalue weighted by Crippen LogP contribution is 2.14. The monoisotopic (exact) mass is 441 g/mol. The molecule has 0 spiro atoms. The van der Waals surface area contributed by atoms with Crippen LogP contribution in [0.2, 0.25) is 0 Å². The number of thiol groups is 3. The van der Waals surface area contributed by atoms with Crippen LogP contribution in [0.15, 0.2) is 0 Å². The van der Waals surface area contributed by atoms with E-state index in [2.05, 4.69) is 37.9 Å². The van der Waals surface area contributed by atoms with E-state index in [1.807, 2.05) is 0 Å². The summed E-state index contributed by atoms with van der Waals surface area (Å²) in [6.45, 7) is 5.32. The number of carbonyl (C=O) groups excluding carboxylic acids is 3. The number of hydroxylamine groups is 6. The molecule has 0 aromatic carbocycles. The Bertz CT molecular complexity index is 444. The molecule has 1 aliphatic heterocycles. The Labute approximate surface area is 175 Å². The van der Waals surface area contributed by atoms with Gasteiger partial charge in [-0.25, -0.2) is 0 Å². The van der Waals surface area contributed by atoms with Crippen molar-refractivity contribution >= 4 is 55.8 Å². The highest BCUT2D eigenvalue weighted by molar-refractivity contribution is 7.81. The molecule has 27 heavy (non-hydrogen) atoms. The average Bonchev–Trinajstić information content (AvgIpc) is 2.43. The third-order valence-electron chi connectivity index (χ3n) is 3.03. The summed E-state index contributed by atoms with van der Waals surface area (Å²) in [6, 6.07) is 0. The van der Waals surface area contributed by atoms with Gasteiger partial charge in [0.15, 0.2) is 0 Å². The summed E-state index contributed by atoms with van der Waals surface area (Å²) in [5.41, 5.74) is 0. The van der Waals surface area contributed by atoms with Gasteiger partial charge in [0, 0.05) is 15.7 Å². The molecule has 0 saturated carbocycles. The van der Waals surface area contributed by atoms with Crippen molar-refractivity contribution in [2.24, 2.45) is 0 Å². The van der Waals surface area contributed by atoms with Gasteiger partial charge in [0.05, 0.1) is 19.3 Å². The van der Waals surface area contributed by atoms with Crippen LogP contribution in [0.5, 0.6) is 0 Å². The second-order valence-corrected chi connectivity index (χ2v) is 9.06. The number of hydrogen-bond acceptors (Lipinski definition) is 12. The molecule has 1 fully saturated rings. The predicted octanol–water partition coefficient (Wildman–Crippen LogP) is 1.28. The minimum absolute atomic E-state index is 0.0103. The van der Waals surface area contributed by atoms with Crippen molar-refractivity contribution < 1.29 is 28.9 Å². The summed E-state index contributed by atoms with van der Waals surface area (Å²) in [5.74, 6) is -1.49. The van der Waals surface area contributed by atoms with E-state index < -0.39 is 17.9 Å². The van der Waals surface area contributed by atoms with Crippen LogP contribution in [-0.4, -0.2) is 68.9 Å². The number of hydrogen-bond donors (Lipinski definition) is 3. The molecule has 1 saturated heterocycles. The van der Waals surface area contributed by atoms with Gasteiger partial charge < -0.3 is 14.5 Å². The molecule has 0 bridgehead atoms. The van der Waals surface area contributed by atoms with Gasteiger partial charge in [-0.15, -0.1) is 15.2 Å². The molecule has 1 aliphatic rings. The summed E-state index contributed by atoms with van der Waals surface area (Å²) >= 11 is 12.5. The van der Waals surface area contributed by atoms with Gasteiger partial charge >= 0.3 is 17.9 Å². The zero-order chi connectivity index (χ0) is 20.6. The zero-order valence-electron chi connectivity index (χ0n) is 15.6. The highest BCUT2D eigenvalue weighted by atomic mass is 32.1.